The molecule has 17 N–H and O–H groups in total. The molecule has 27 heteroatoms. The first-order chi connectivity index (χ1) is 31.6. The van der Waals surface area contributed by atoms with Gasteiger partial charge in [-0.2, -0.15) is 25.3 Å². The van der Waals surface area contributed by atoms with Crippen LogP contribution in [0.5, 0.6) is 5.75 Å². The zero-order valence-corrected chi connectivity index (χ0v) is 38.8. The lowest BCUT2D eigenvalue weighted by Gasteiger charge is -2.31. The highest BCUT2D eigenvalue weighted by atomic mass is 32.1. The number of amides is 9. The van der Waals surface area contributed by atoms with E-state index >= 15 is 0 Å². The Labute approximate surface area is 397 Å². The number of nitrogens with zero attached hydrogens (tertiary/aromatic N) is 1. The van der Waals surface area contributed by atoms with Crippen molar-refractivity contribution in [2.24, 2.45) is 17.2 Å². The molecule has 1 aliphatic heterocycles. The van der Waals surface area contributed by atoms with Crippen molar-refractivity contribution in [3.8, 4) is 5.75 Å². The minimum atomic E-state index is -1.75. The molecule has 0 unspecified atom stereocenters. The topological polar surface area (TPSA) is 417 Å². The second-order valence-corrected chi connectivity index (χ2v) is 16.5. The van der Waals surface area contributed by atoms with Gasteiger partial charge in [-0.25, -0.2) is 4.79 Å². The van der Waals surface area contributed by atoms with Crippen molar-refractivity contribution in [2.75, 3.05) is 31.2 Å². The summed E-state index contributed by atoms with van der Waals surface area (Å²) in [7, 11) is 0. The van der Waals surface area contributed by atoms with Gasteiger partial charge in [0.25, 0.3) is 0 Å². The Bertz CT molecular complexity index is 1910. The molecule has 1 aliphatic rings. The molecule has 0 spiro atoms. The van der Waals surface area contributed by atoms with Crippen LogP contribution in [0, 0.1) is 0 Å². The number of hydrogen-bond donors (Lipinski definition) is 16. The molecule has 374 valence electrons. The number of thiol groups is 2. The lowest BCUT2D eigenvalue weighted by Crippen LogP contribution is -2.61. The predicted molar refractivity (Wildman–Crippen MR) is 245 cm³/mol. The van der Waals surface area contributed by atoms with E-state index < -0.39 is 133 Å². The number of phenolic OH excluding ortho intramolecular Hbond substituents is 1. The zero-order valence-electron chi connectivity index (χ0n) is 37.0. The summed E-state index contributed by atoms with van der Waals surface area (Å²) in [5, 5.41) is 55.9. The number of nitrogens with two attached hydrogens (primary N) is 3. The molecular weight excluding hydrogens is 923 g/mol. The molecule has 1 fully saturated rings. The highest BCUT2D eigenvalue weighted by Gasteiger charge is 2.41. The third-order valence-corrected chi connectivity index (χ3v) is 11.2. The van der Waals surface area contributed by atoms with Gasteiger partial charge in [0.05, 0.1) is 25.2 Å². The van der Waals surface area contributed by atoms with Crippen molar-refractivity contribution in [1.82, 2.24) is 42.1 Å². The van der Waals surface area contributed by atoms with Gasteiger partial charge >= 0.3 is 5.97 Å². The maximum absolute atomic E-state index is 14.4. The summed E-state index contributed by atoms with van der Waals surface area (Å²) in [6, 6.07) is -7.45. The van der Waals surface area contributed by atoms with Gasteiger partial charge in [-0.15, -0.1) is 0 Å². The Kier molecular flexibility index (Phi) is 24.4. The number of aromatic hydroxyl groups is 1. The first-order valence-corrected chi connectivity index (χ1v) is 22.5. The van der Waals surface area contributed by atoms with E-state index in [2.05, 4.69) is 62.5 Å². The largest absolute Gasteiger partial charge is 0.508 e. The van der Waals surface area contributed by atoms with Gasteiger partial charge in [0.1, 0.15) is 54.1 Å². The number of benzene rings is 1. The number of phenols is 1. The molecule has 25 nitrogen and oxygen atoms in total. The summed E-state index contributed by atoms with van der Waals surface area (Å²) in [6.07, 6.45) is -1.65. The van der Waals surface area contributed by atoms with E-state index in [0.717, 1.165) is 4.90 Å². The van der Waals surface area contributed by atoms with E-state index in [9.17, 15) is 68.4 Å². The summed E-state index contributed by atoms with van der Waals surface area (Å²) in [4.78, 5) is 132. The molecule has 1 aromatic carbocycles. The average Bonchev–Trinajstić information content (AvgIpc) is 3.78. The number of primary amides is 1. The number of nitrogens with one attached hydrogen (secondary N) is 7. The number of carboxylic acids is 1. The van der Waals surface area contributed by atoms with E-state index in [0.29, 0.717) is 12.0 Å². The van der Waals surface area contributed by atoms with Gasteiger partial charge in [0, 0.05) is 24.5 Å². The maximum Gasteiger partial charge on any atom is 0.327 e. The molecule has 1 heterocycles. The number of carbonyl (C=O) groups excluding carboxylic acids is 9. The normalized spacial score (nSPS) is 17.4. The highest BCUT2D eigenvalue weighted by molar-refractivity contribution is 7.80. The predicted octanol–water partition coefficient (Wildman–Crippen LogP) is -6.01. The summed E-state index contributed by atoms with van der Waals surface area (Å²) < 4.78 is 0. The van der Waals surface area contributed by atoms with Gasteiger partial charge in [-0.05, 0) is 70.2 Å². The van der Waals surface area contributed by atoms with Crippen molar-refractivity contribution in [3.05, 3.63) is 29.8 Å². The molecule has 0 radical (unpaired) electrons. The second-order valence-electron chi connectivity index (χ2n) is 15.8. The summed E-state index contributed by atoms with van der Waals surface area (Å²) in [6.45, 7) is 1.72. The minimum Gasteiger partial charge on any atom is -0.508 e. The van der Waals surface area contributed by atoms with Crippen LogP contribution < -0.4 is 54.4 Å². The van der Waals surface area contributed by atoms with Crippen molar-refractivity contribution in [2.45, 2.75) is 119 Å². The van der Waals surface area contributed by atoms with E-state index in [-0.39, 0.29) is 62.4 Å². The number of likely N-dealkylation sites (tertiary alicyclic amines) is 1. The molecule has 67 heavy (non-hydrogen) atoms. The van der Waals surface area contributed by atoms with E-state index in [1.165, 1.54) is 38.1 Å². The van der Waals surface area contributed by atoms with Crippen LogP contribution in [0.4, 0.5) is 0 Å². The third-order valence-electron chi connectivity index (χ3n) is 10.4. The average molecular weight is 986 g/mol. The second kappa shape index (κ2) is 28.4. The van der Waals surface area contributed by atoms with E-state index in [4.69, 9.17) is 17.2 Å². The van der Waals surface area contributed by atoms with Crippen molar-refractivity contribution in [3.63, 3.8) is 0 Å². The monoisotopic (exact) mass is 985 g/mol. The van der Waals surface area contributed by atoms with Crippen LogP contribution in [0.3, 0.4) is 0 Å². The van der Waals surface area contributed by atoms with Gasteiger partial charge in [0.15, 0.2) is 0 Å². The SMILES string of the molecule is C[C@H](NC(=O)[C@@H](NC(=O)[C@@H]1CCCN1C(=O)[C@H](Cc1ccc(O)cc1)NC(=O)[C@H](CC(N)=O)NC(=O)[C@H](CCCCN)NC(=O)[C@H](CO)NC(=O)[C@@H](N)CS)[C@@H](C)O)C(=O)N[C@@H](CS)C(=O)O. The number of unbranched alkanes of at least 4 members (excludes halogenated alkanes) is 1. The number of aliphatic carboxylic acids is 1. The number of aliphatic hydroxyl groups is 2. The van der Waals surface area contributed by atoms with Crippen LogP contribution in [-0.2, 0) is 54.4 Å². The molecule has 0 saturated carbocycles. The van der Waals surface area contributed by atoms with Crippen LogP contribution in [0.15, 0.2) is 24.3 Å². The van der Waals surface area contributed by atoms with Gasteiger partial charge in [0.2, 0.25) is 53.2 Å². The summed E-state index contributed by atoms with van der Waals surface area (Å²) in [5.74, 6) is -10.4. The molecule has 10 atom stereocenters. The number of hydrogen-bond acceptors (Lipinski definition) is 17. The van der Waals surface area contributed by atoms with Gasteiger partial charge < -0.3 is 79.7 Å². The van der Waals surface area contributed by atoms with E-state index in [1.54, 1.807) is 0 Å². The Balaban J connectivity index is 2.40. The first kappa shape index (κ1) is 57.4. The summed E-state index contributed by atoms with van der Waals surface area (Å²) >= 11 is 7.82. The number of rotatable bonds is 28. The maximum atomic E-state index is 14.4. The molecule has 0 aliphatic carbocycles. The zero-order chi connectivity index (χ0) is 50.5. The van der Waals surface area contributed by atoms with Gasteiger partial charge in [-0.1, -0.05) is 12.1 Å². The Morgan fingerprint density at radius 2 is 1.31 bits per heavy atom. The molecule has 9 amide bonds. The minimum absolute atomic E-state index is 0.0288. The Hall–Kier alpha value is -5.74. The summed E-state index contributed by atoms with van der Waals surface area (Å²) in [5.41, 5.74) is 17.2. The molecular formula is C40H63N11O14S2. The molecule has 0 bridgehead atoms. The fourth-order valence-corrected chi connectivity index (χ4v) is 7.03. The third kappa shape index (κ3) is 18.5. The van der Waals surface area contributed by atoms with Crippen molar-refractivity contribution < 1.29 is 68.4 Å². The molecule has 1 aromatic rings. The van der Waals surface area contributed by atoms with Crippen LogP contribution in [0.2, 0.25) is 0 Å². The van der Waals surface area contributed by atoms with Gasteiger partial charge in [-0.3, -0.25) is 43.2 Å². The number of carboxylic acid groups (broad SMARTS) is 1. The molecule has 0 aromatic heterocycles. The fourth-order valence-electron chi connectivity index (χ4n) is 6.62. The van der Waals surface area contributed by atoms with Crippen molar-refractivity contribution >= 4 is 84.4 Å². The fraction of sp³-hybridized carbons (Fsp3) is 0.600. The van der Waals surface area contributed by atoms with E-state index in [1.807, 2.05) is 0 Å². The molecule has 2 rings (SSSR count). The van der Waals surface area contributed by atoms with Crippen LogP contribution >= 0.6 is 25.3 Å². The number of carbonyl (C=O) groups is 10. The van der Waals surface area contributed by atoms with Crippen LogP contribution in [0.25, 0.3) is 0 Å². The lowest BCUT2D eigenvalue weighted by molar-refractivity contribution is -0.143. The van der Waals surface area contributed by atoms with Crippen molar-refractivity contribution in [1.29, 1.82) is 0 Å². The molecule has 1 saturated heterocycles. The number of aliphatic hydroxyl groups excluding tert-OH is 2. The quantitative estimate of drug-likeness (QED) is 0.0275. The first-order valence-electron chi connectivity index (χ1n) is 21.3. The Morgan fingerprint density at radius 1 is 0.746 bits per heavy atom. The lowest BCUT2D eigenvalue weighted by atomic mass is 10.0. The van der Waals surface area contributed by atoms with Crippen LogP contribution in [-0.4, -0.2) is 176 Å². The van der Waals surface area contributed by atoms with Crippen LogP contribution in [0.1, 0.15) is 57.9 Å². The smallest absolute Gasteiger partial charge is 0.327 e. The Morgan fingerprint density at radius 3 is 1.87 bits per heavy atom. The highest BCUT2D eigenvalue weighted by Crippen LogP contribution is 2.21. The standard InChI is InChI=1S/C40H63N11O14S2/c1-19(32(56)49-28(18-67)40(64)65)44-38(62)31(20(2)53)50-37(61)29-7-5-13-51(29)39(63)26(14-21-8-10-22(54)11-9-21)47-35(59)25(15-30(43)55)46-34(58)24(6-3-4-12-41)45-36(60)27(16-52)48-33(57)23(42)17-66/h8-11,19-20,23-29,31,52-54,66-67H,3-7,12-18,41-42H2,1-2H3,(H2,43,55)(H,44,62)(H,45,60)(H,46,58)(H,47,59)(H,48,57)(H,49,56)(H,50,61)(H,64,65)/t19-,20+,23-,24-,25-,26-,27-,28-,29-,31-/m0/s1.